The predicted octanol–water partition coefficient (Wildman–Crippen LogP) is 5.76. The molecule has 1 aliphatic carbocycles. The third kappa shape index (κ3) is 2.18. The Morgan fingerprint density at radius 1 is 0.630 bits per heavy atom. The Labute approximate surface area is 156 Å². The number of benzene rings is 4. The summed E-state index contributed by atoms with van der Waals surface area (Å²) in [5, 5.41) is 7.66. The number of hydrogen-bond donors (Lipinski definition) is 0. The van der Waals surface area contributed by atoms with Gasteiger partial charge in [0.15, 0.2) is 0 Å². The molecule has 1 nitrogen and oxygen atoms in total. The maximum Gasteiger partial charge on any atom is 0.136 e. The zero-order valence-electron chi connectivity index (χ0n) is 14.9. The summed E-state index contributed by atoms with van der Waals surface area (Å²) in [4.78, 5) is 0. The van der Waals surface area contributed by atoms with E-state index in [1.165, 1.54) is 43.1 Å². The molecular weight excluding hydrogens is 328 g/mol. The van der Waals surface area contributed by atoms with Crippen LogP contribution >= 0.6 is 0 Å². The van der Waals surface area contributed by atoms with Gasteiger partial charge in [-0.3, -0.25) is 0 Å². The summed E-state index contributed by atoms with van der Waals surface area (Å²) < 4.78 is 6.15. The van der Waals surface area contributed by atoms with Crippen molar-refractivity contribution in [2.24, 2.45) is 0 Å². The van der Waals surface area contributed by atoms with Crippen LogP contribution in [0.1, 0.15) is 12.8 Å². The molecule has 27 heavy (non-hydrogen) atoms. The average Bonchev–Trinajstić information content (AvgIpc) is 3.09. The van der Waals surface area contributed by atoms with Crippen LogP contribution in [0, 0.1) is 0 Å². The van der Waals surface area contributed by atoms with Crippen LogP contribution in [0.2, 0.25) is 0 Å². The van der Waals surface area contributed by atoms with Crippen LogP contribution in [0.15, 0.2) is 77.2 Å². The third-order valence-electron chi connectivity index (χ3n) is 5.67. The monoisotopic (exact) mass is 346 g/mol. The number of para-hydroxylation sites is 1. The first-order chi connectivity index (χ1) is 13.4. The van der Waals surface area contributed by atoms with Crippen molar-refractivity contribution < 1.29 is 4.42 Å². The SMILES string of the molecule is C1=c2cc3ccccc3c(-c3ccc4c(c3)oc3ccccc34)c2=CCC1. The molecule has 0 radical (unpaired) electrons. The van der Waals surface area contributed by atoms with Gasteiger partial charge >= 0.3 is 0 Å². The highest BCUT2D eigenvalue weighted by atomic mass is 16.3. The van der Waals surface area contributed by atoms with E-state index in [9.17, 15) is 0 Å². The lowest BCUT2D eigenvalue weighted by Gasteiger charge is -2.12. The van der Waals surface area contributed by atoms with Crippen molar-refractivity contribution in [2.45, 2.75) is 12.8 Å². The van der Waals surface area contributed by atoms with Gasteiger partial charge in [-0.05, 0) is 69.4 Å². The van der Waals surface area contributed by atoms with Crippen LogP contribution in [0.3, 0.4) is 0 Å². The molecule has 128 valence electrons. The Bertz CT molecular complexity index is 1470. The van der Waals surface area contributed by atoms with Crippen LogP contribution in [0.4, 0.5) is 0 Å². The lowest BCUT2D eigenvalue weighted by molar-refractivity contribution is 0.669. The number of hydrogen-bond acceptors (Lipinski definition) is 1. The van der Waals surface area contributed by atoms with Gasteiger partial charge in [0.25, 0.3) is 0 Å². The van der Waals surface area contributed by atoms with Crippen LogP contribution in [0.5, 0.6) is 0 Å². The molecule has 0 saturated carbocycles. The molecule has 5 aromatic rings. The third-order valence-corrected chi connectivity index (χ3v) is 5.67. The van der Waals surface area contributed by atoms with Gasteiger partial charge < -0.3 is 4.42 Å². The van der Waals surface area contributed by atoms with Gasteiger partial charge in [-0.2, -0.15) is 0 Å². The molecule has 6 rings (SSSR count). The van der Waals surface area contributed by atoms with E-state index in [-0.39, 0.29) is 0 Å². The zero-order valence-corrected chi connectivity index (χ0v) is 14.9. The second kappa shape index (κ2) is 5.59. The van der Waals surface area contributed by atoms with E-state index >= 15 is 0 Å². The number of fused-ring (bicyclic) bond motifs is 5. The Hall–Kier alpha value is -3.32. The largest absolute Gasteiger partial charge is 0.456 e. The fourth-order valence-electron chi connectivity index (χ4n) is 4.43. The van der Waals surface area contributed by atoms with E-state index < -0.39 is 0 Å². The van der Waals surface area contributed by atoms with Crippen molar-refractivity contribution in [3.05, 3.63) is 83.2 Å². The first-order valence-corrected chi connectivity index (χ1v) is 9.52. The standard InChI is InChI=1S/C26H18O/c1-3-9-20-17(7-1)15-18-8-2-4-10-21(18)26(20)19-13-14-23-22-11-5-6-12-24(22)27-25(23)16-19/h1,3,5-16H,2,4H2. The van der Waals surface area contributed by atoms with Crippen molar-refractivity contribution in [1.82, 2.24) is 0 Å². The minimum Gasteiger partial charge on any atom is -0.456 e. The van der Waals surface area contributed by atoms with Crippen LogP contribution in [-0.4, -0.2) is 0 Å². The van der Waals surface area contributed by atoms with Crippen molar-refractivity contribution in [2.75, 3.05) is 0 Å². The highest BCUT2D eigenvalue weighted by Gasteiger charge is 2.12. The van der Waals surface area contributed by atoms with Gasteiger partial charge in [-0.25, -0.2) is 0 Å². The van der Waals surface area contributed by atoms with Crippen molar-refractivity contribution in [3.8, 4) is 11.1 Å². The molecule has 4 aromatic carbocycles. The van der Waals surface area contributed by atoms with Crippen LogP contribution < -0.4 is 10.4 Å². The lowest BCUT2D eigenvalue weighted by atomic mass is 9.92. The maximum atomic E-state index is 6.15. The minimum absolute atomic E-state index is 0.949. The molecule has 0 aliphatic heterocycles. The molecule has 0 spiro atoms. The van der Waals surface area contributed by atoms with Gasteiger partial charge in [0.2, 0.25) is 0 Å². The molecule has 0 N–H and O–H groups in total. The van der Waals surface area contributed by atoms with E-state index in [0.29, 0.717) is 0 Å². The Kier molecular flexibility index (Phi) is 3.06. The van der Waals surface area contributed by atoms with Gasteiger partial charge in [0.05, 0.1) is 0 Å². The molecule has 0 amide bonds. The number of rotatable bonds is 1. The van der Waals surface area contributed by atoms with Gasteiger partial charge in [-0.15, -0.1) is 0 Å². The summed E-state index contributed by atoms with van der Waals surface area (Å²) >= 11 is 0. The summed E-state index contributed by atoms with van der Waals surface area (Å²) in [7, 11) is 0. The van der Waals surface area contributed by atoms with E-state index in [4.69, 9.17) is 4.42 Å². The lowest BCUT2D eigenvalue weighted by Crippen LogP contribution is -2.28. The molecular formula is C26H18O. The second-order valence-electron chi connectivity index (χ2n) is 7.27. The van der Waals surface area contributed by atoms with Gasteiger partial charge in [0, 0.05) is 10.8 Å². The molecule has 0 saturated heterocycles. The average molecular weight is 346 g/mol. The van der Waals surface area contributed by atoms with Gasteiger partial charge in [-0.1, -0.05) is 60.7 Å². The topological polar surface area (TPSA) is 13.1 Å². The van der Waals surface area contributed by atoms with Crippen LogP contribution in [-0.2, 0) is 0 Å². The Morgan fingerprint density at radius 2 is 1.41 bits per heavy atom. The summed E-state index contributed by atoms with van der Waals surface area (Å²) in [6.45, 7) is 0. The van der Waals surface area contributed by atoms with Crippen molar-refractivity contribution in [1.29, 1.82) is 0 Å². The quantitative estimate of drug-likeness (QED) is 0.376. The highest BCUT2D eigenvalue weighted by Crippen LogP contribution is 2.33. The fraction of sp³-hybridized carbons (Fsp3) is 0.0769. The molecule has 1 aromatic heterocycles. The molecule has 0 bridgehead atoms. The normalized spacial score (nSPS) is 13.5. The molecule has 1 aliphatic rings. The Balaban J connectivity index is 1.74. The Morgan fingerprint density at radius 3 is 2.37 bits per heavy atom. The summed E-state index contributed by atoms with van der Waals surface area (Å²) in [5.74, 6) is 0. The smallest absolute Gasteiger partial charge is 0.136 e. The first-order valence-electron chi connectivity index (χ1n) is 9.52. The zero-order chi connectivity index (χ0) is 17.8. The van der Waals surface area contributed by atoms with Gasteiger partial charge in [0.1, 0.15) is 11.2 Å². The summed E-state index contributed by atoms with van der Waals surface area (Å²) in [6.07, 6.45) is 6.98. The van der Waals surface area contributed by atoms with Crippen LogP contribution in [0.25, 0.3) is 56.0 Å². The maximum absolute atomic E-state index is 6.15. The minimum atomic E-state index is 0.949. The highest BCUT2D eigenvalue weighted by molar-refractivity contribution is 6.07. The number of furan rings is 1. The molecule has 1 heteroatoms. The van der Waals surface area contributed by atoms with E-state index in [0.717, 1.165) is 24.0 Å². The first kappa shape index (κ1) is 14.8. The van der Waals surface area contributed by atoms with E-state index in [1.54, 1.807) is 0 Å². The molecule has 0 fully saturated rings. The van der Waals surface area contributed by atoms with E-state index in [2.05, 4.69) is 72.8 Å². The fourth-order valence-corrected chi connectivity index (χ4v) is 4.43. The summed E-state index contributed by atoms with van der Waals surface area (Å²) in [5.41, 5.74) is 4.45. The summed E-state index contributed by atoms with van der Waals surface area (Å²) in [6, 6.07) is 25.9. The van der Waals surface area contributed by atoms with E-state index in [1.807, 2.05) is 12.1 Å². The molecule has 0 unspecified atom stereocenters. The molecule has 0 atom stereocenters. The van der Waals surface area contributed by atoms with Crippen molar-refractivity contribution >= 4 is 44.9 Å². The van der Waals surface area contributed by atoms with Crippen molar-refractivity contribution in [3.63, 3.8) is 0 Å². The predicted molar refractivity (Wildman–Crippen MR) is 114 cm³/mol. The molecule has 1 heterocycles. The second-order valence-corrected chi connectivity index (χ2v) is 7.27.